The Morgan fingerprint density at radius 3 is 2.71 bits per heavy atom. The van der Waals surface area contributed by atoms with Crippen LogP contribution in [-0.4, -0.2) is 33.4 Å². The van der Waals surface area contributed by atoms with Crippen molar-refractivity contribution in [3.05, 3.63) is 41.7 Å². The van der Waals surface area contributed by atoms with Crippen LogP contribution in [0.5, 0.6) is 5.75 Å². The number of hydrogen-bond donors (Lipinski definition) is 2. The van der Waals surface area contributed by atoms with Crippen LogP contribution in [0.3, 0.4) is 0 Å². The molecule has 0 aliphatic heterocycles. The Kier molecular flexibility index (Phi) is 4.22. The monoisotopic (exact) mass is 289 g/mol. The van der Waals surface area contributed by atoms with Gasteiger partial charge in [0.25, 0.3) is 5.91 Å². The molecule has 2 aromatic rings. The number of hydrogen-bond acceptors (Lipinski definition) is 4. The van der Waals surface area contributed by atoms with Gasteiger partial charge in [-0.05, 0) is 25.1 Å². The van der Waals surface area contributed by atoms with E-state index in [-0.39, 0.29) is 5.91 Å². The number of ether oxygens (including phenoxy) is 1. The number of anilines is 1. The summed E-state index contributed by atoms with van der Waals surface area (Å²) in [5, 5.41) is 15.4. The van der Waals surface area contributed by atoms with Crippen molar-refractivity contribution >= 4 is 17.6 Å². The molecule has 1 amide bonds. The molecule has 0 saturated carbocycles. The molecule has 2 N–H and O–H groups in total. The number of benzene rings is 1. The van der Waals surface area contributed by atoms with Crippen LogP contribution in [0.1, 0.15) is 16.2 Å². The Balaban J connectivity index is 2.17. The van der Waals surface area contributed by atoms with Gasteiger partial charge >= 0.3 is 5.97 Å². The predicted octanol–water partition coefficient (Wildman–Crippen LogP) is 1.44. The number of nitrogens with zero attached hydrogens (tertiary/aromatic N) is 2. The highest BCUT2D eigenvalue weighted by Crippen LogP contribution is 2.24. The highest BCUT2D eigenvalue weighted by Gasteiger charge is 2.14. The molecule has 0 atom stereocenters. The zero-order valence-electron chi connectivity index (χ0n) is 11.7. The second kappa shape index (κ2) is 6.08. The minimum atomic E-state index is -1.08. The van der Waals surface area contributed by atoms with Gasteiger partial charge in [-0.15, -0.1) is 0 Å². The zero-order valence-corrected chi connectivity index (χ0v) is 11.7. The molecule has 1 aromatic heterocycles. The lowest BCUT2D eigenvalue weighted by Gasteiger charge is -2.11. The van der Waals surface area contributed by atoms with Gasteiger partial charge in [0.2, 0.25) is 0 Å². The third-order valence-corrected chi connectivity index (χ3v) is 2.72. The van der Waals surface area contributed by atoms with Crippen LogP contribution >= 0.6 is 0 Å². The van der Waals surface area contributed by atoms with Gasteiger partial charge in [-0.2, -0.15) is 5.10 Å². The molecule has 110 valence electrons. The smallest absolute Gasteiger partial charge is 0.341 e. The molecule has 7 nitrogen and oxygen atoms in total. The summed E-state index contributed by atoms with van der Waals surface area (Å²) in [6, 6.07) is 8.31. The first-order valence-corrected chi connectivity index (χ1v) is 6.23. The summed E-state index contributed by atoms with van der Waals surface area (Å²) in [4.78, 5) is 22.7. The number of carboxylic acids is 1. The number of rotatable bonds is 5. The number of nitrogens with one attached hydrogen (secondary N) is 1. The first kappa shape index (κ1) is 14.6. The van der Waals surface area contributed by atoms with E-state index in [1.165, 1.54) is 4.68 Å². The summed E-state index contributed by atoms with van der Waals surface area (Å²) in [5.41, 5.74) is 1.54. The molecule has 0 spiro atoms. The Morgan fingerprint density at radius 1 is 1.38 bits per heavy atom. The molecule has 0 bridgehead atoms. The van der Waals surface area contributed by atoms with Crippen molar-refractivity contribution < 1.29 is 19.4 Å². The molecule has 0 fully saturated rings. The molecule has 1 aromatic carbocycles. The number of aryl methyl sites for hydroxylation is 2. The Labute approximate surface area is 121 Å². The third kappa shape index (κ3) is 3.59. The summed E-state index contributed by atoms with van der Waals surface area (Å²) in [5.74, 6) is -1.13. The van der Waals surface area contributed by atoms with E-state index in [2.05, 4.69) is 10.4 Å². The molecular formula is C14H15N3O4. The van der Waals surface area contributed by atoms with E-state index >= 15 is 0 Å². The second-order valence-corrected chi connectivity index (χ2v) is 4.43. The van der Waals surface area contributed by atoms with Crippen molar-refractivity contribution in [3.63, 3.8) is 0 Å². The molecule has 7 heteroatoms. The van der Waals surface area contributed by atoms with Crippen LogP contribution in [-0.2, 0) is 11.8 Å². The SMILES string of the molecule is Cc1cc(C(=O)Nc2ccccc2OCC(=O)O)n(C)n1. The van der Waals surface area contributed by atoms with Crippen molar-refractivity contribution in [1.82, 2.24) is 9.78 Å². The van der Waals surface area contributed by atoms with Crippen LogP contribution in [0.15, 0.2) is 30.3 Å². The number of carboxylic acid groups (broad SMARTS) is 1. The average Bonchev–Trinajstić information content (AvgIpc) is 2.76. The van der Waals surface area contributed by atoms with Crippen LogP contribution in [0, 0.1) is 6.92 Å². The maximum atomic E-state index is 12.2. The molecule has 0 unspecified atom stereocenters. The molecule has 2 rings (SSSR count). The van der Waals surface area contributed by atoms with E-state index in [0.29, 0.717) is 17.1 Å². The van der Waals surface area contributed by atoms with Crippen molar-refractivity contribution in [3.8, 4) is 5.75 Å². The lowest BCUT2D eigenvalue weighted by Crippen LogP contribution is -2.17. The van der Waals surface area contributed by atoms with Gasteiger partial charge in [0.05, 0.1) is 11.4 Å². The average molecular weight is 289 g/mol. The fourth-order valence-electron chi connectivity index (χ4n) is 1.84. The van der Waals surface area contributed by atoms with Crippen molar-refractivity contribution in [2.45, 2.75) is 6.92 Å². The van der Waals surface area contributed by atoms with Crippen LogP contribution in [0.2, 0.25) is 0 Å². The number of aromatic nitrogens is 2. The maximum Gasteiger partial charge on any atom is 0.341 e. The summed E-state index contributed by atoms with van der Waals surface area (Å²) in [7, 11) is 1.68. The van der Waals surface area contributed by atoms with Gasteiger partial charge in [-0.1, -0.05) is 12.1 Å². The molecule has 1 heterocycles. The van der Waals surface area contributed by atoms with Gasteiger partial charge in [0, 0.05) is 7.05 Å². The van der Waals surface area contributed by atoms with Crippen molar-refractivity contribution in [2.24, 2.45) is 7.05 Å². The van der Waals surface area contributed by atoms with Crippen LogP contribution < -0.4 is 10.1 Å². The zero-order chi connectivity index (χ0) is 15.4. The number of para-hydroxylation sites is 2. The molecule has 0 aliphatic carbocycles. The van der Waals surface area contributed by atoms with E-state index in [1.807, 2.05) is 0 Å². The van der Waals surface area contributed by atoms with Gasteiger partial charge in [0.15, 0.2) is 6.61 Å². The number of aliphatic carboxylic acids is 1. The normalized spacial score (nSPS) is 10.2. The van der Waals surface area contributed by atoms with E-state index in [1.54, 1.807) is 44.3 Å². The molecule has 21 heavy (non-hydrogen) atoms. The van der Waals surface area contributed by atoms with E-state index in [9.17, 15) is 9.59 Å². The van der Waals surface area contributed by atoms with Crippen LogP contribution in [0.25, 0.3) is 0 Å². The Morgan fingerprint density at radius 2 is 2.10 bits per heavy atom. The summed E-state index contributed by atoms with van der Waals surface area (Å²) in [6.45, 7) is 1.32. The minimum absolute atomic E-state index is 0.298. The standard InChI is InChI=1S/C14H15N3O4/c1-9-7-11(17(2)16-9)14(20)15-10-5-3-4-6-12(10)21-8-13(18)19/h3-7H,8H2,1-2H3,(H,15,20)(H,18,19). The third-order valence-electron chi connectivity index (χ3n) is 2.72. The fourth-order valence-corrected chi connectivity index (χ4v) is 1.84. The first-order chi connectivity index (χ1) is 9.97. The summed E-state index contributed by atoms with van der Waals surface area (Å²) >= 11 is 0. The van der Waals surface area contributed by atoms with E-state index < -0.39 is 12.6 Å². The minimum Gasteiger partial charge on any atom is -0.480 e. The number of carbonyl (C=O) groups excluding carboxylic acids is 1. The highest BCUT2D eigenvalue weighted by atomic mass is 16.5. The maximum absolute atomic E-state index is 12.2. The quantitative estimate of drug-likeness (QED) is 0.868. The highest BCUT2D eigenvalue weighted by molar-refractivity contribution is 6.03. The van der Waals surface area contributed by atoms with Crippen molar-refractivity contribution in [2.75, 3.05) is 11.9 Å². The predicted molar refractivity (Wildman–Crippen MR) is 75.5 cm³/mol. The molecular weight excluding hydrogens is 274 g/mol. The van der Waals surface area contributed by atoms with E-state index in [4.69, 9.17) is 9.84 Å². The lowest BCUT2D eigenvalue weighted by atomic mass is 10.2. The molecule has 0 radical (unpaired) electrons. The van der Waals surface area contributed by atoms with E-state index in [0.717, 1.165) is 5.69 Å². The van der Waals surface area contributed by atoms with Gasteiger partial charge in [-0.25, -0.2) is 4.79 Å². The van der Waals surface area contributed by atoms with Gasteiger partial charge in [-0.3, -0.25) is 9.48 Å². The first-order valence-electron chi connectivity index (χ1n) is 6.23. The fraction of sp³-hybridized carbons (Fsp3) is 0.214. The second-order valence-electron chi connectivity index (χ2n) is 4.43. The van der Waals surface area contributed by atoms with Crippen LogP contribution in [0.4, 0.5) is 5.69 Å². The Hall–Kier alpha value is -2.83. The van der Waals surface area contributed by atoms with Crippen molar-refractivity contribution in [1.29, 1.82) is 0 Å². The summed E-state index contributed by atoms with van der Waals surface area (Å²) in [6.07, 6.45) is 0. The topological polar surface area (TPSA) is 93.5 Å². The molecule has 0 aliphatic rings. The molecule has 0 saturated heterocycles. The lowest BCUT2D eigenvalue weighted by molar-refractivity contribution is -0.139. The summed E-state index contributed by atoms with van der Waals surface area (Å²) < 4.78 is 6.61. The number of carbonyl (C=O) groups is 2. The van der Waals surface area contributed by atoms with Gasteiger partial charge < -0.3 is 15.2 Å². The van der Waals surface area contributed by atoms with Gasteiger partial charge in [0.1, 0.15) is 11.4 Å². The Bertz CT molecular complexity index is 679. The number of amides is 1. The largest absolute Gasteiger partial charge is 0.480 e.